The standard InChI is InChI=1S/C34H31NO5/c1-2-20-39-28-18-16-26(17-19-28)32(36)30-31(35(34(38)33(30)37)22-24-10-5-3-6-11-24)27-14-9-15-29(21-27)40-23-25-12-7-4-8-13-25/h3-19,21,31,36H,2,20,22-23H2,1H3/b32-30+. The Hall–Kier alpha value is -4.84. The van der Waals surface area contributed by atoms with Gasteiger partial charge in [0.1, 0.15) is 23.9 Å². The number of carbonyl (C=O) groups is 2. The molecular weight excluding hydrogens is 502 g/mol. The number of amides is 1. The summed E-state index contributed by atoms with van der Waals surface area (Å²) >= 11 is 0. The van der Waals surface area contributed by atoms with Gasteiger partial charge in [-0.25, -0.2) is 0 Å². The molecule has 1 unspecified atom stereocenters. The zero-order valence-corrected chi connectivity index (χ0v) is 22.3. The van der Waals surface area contributed by atoms with Crippen LogP contribution in [0.4, 0.5) is 0 Å². The van der Waals surface area contributed by atoms with Crippen molar-refractivity contribution in [3.8, 4) is 11.5 Å². The fraction of sp³-hybridized carbons (Fsp3) is 0.176. The largest absolute Gasteiger partial charge is 0.507 e. The number of nitrogens with zero attached hydrogens (tertiary/aromatic N) is 1. The summed E-state index contributed by atoms with van der Waals surface area (Å²) in [5.41, 5.74) is 3.05. The van der Waals surface area contributed by atoms with Gasteiger partial charge in [0.25, 0.3) is 11.7 Å². The molecule has 1 aliphatic rings. The summed E-state index contributed by atoms with van der Waals surface area (Å²) in [7, 11) is 0. The molecule has 0 bridgehead atoms. The van der Waals surface area contributed by atoms with Crippen molar-refractivity contribution in [2.24, 2.45) is 0 Å². The predicted molar refractivity (Wildman–Crippen MR) is 154 cm³/mol. The lowest BCUT2D eigenvalue weighted by atomic mass is 9.95. The van der Waals surface area contributed by atoms with E-state index in [1.807, 2.05) is 91.9 Å². The topological polar surface area (TPSA) is 76.1 Å². The lowest BCUT2D eigenvalue weighted by Gasteiger charge is -2.26. The molecule has 6 heteroatoms. The van der Waals surface area contributed by atoms with Crippen LogP contribution < -0.4 is 9.47 Å². The Morgan fingerprint density at radius 3 is 2.12 bits per heavy atom. The smallest absolute Gasteiger partial charge is 0.295 e. The number of aliphatic hydroxyl groups excluding tert-OH is 1. The maximum Gasteiger partial charge on any atom is 0.295 e. The SMILES string of the molecule is CCCOc1ccc(/C(O)=C2\C(=O)C(=O)N(Cc3ccccc3)C2c2cccc(OCc3ccccc3)c2)cc1. The number of hydrogen-bond donors (Lipinski definition) is 1. The van der Waals surface area contributed by atoms with E-state index in [9.17, 15) is 14.7 Å². The molecule has 6 nitrogen and oxygen atoms in total. The van der Waals surface area contributed by atoms with Gasteiger partial charge in [-0.15, -0.1) is 0 Å². The summed E-state index contributed by atoms with van der Waals surface area (Å²) in [5.74, 6) is -0.336. The number of hydrogen-bond acceptors (Lipinski definition) is 5. The highest BCUT2D eigenvalue weighted by Gasteiger charge is 2.46. The van der Waals surface area contributed by atoms with Crippen LogP contribution in [-0.4, -0.2) is 28.3 Å². The van der Waals surface area contributed by atoms with E-state index < -0.39 is 17.7 Å². The van der Waals surface area contributed by atoms with Crippen LogP contribution in [0.25, 0.3) is 5.76 Å². The van der Waals surface area contributed by atoms with Crippen molar-refractivity contribution in [2.45, 2.75) is 32.5 Å². The minimum atomic E-state index is -0.795. The molecule has 202 valence electrons. The van der Waals surface area contributed by atoms with Gasteiger partial charge < -0.3 is 19.5 Å². The molecule has 0 spiro atoms. The van der Waals surface area contributed by atoms with Crippen molar-refractivity contribution in [3.63, 3.8) is 0 Å². The molecule has 0 radical (unpaired) electrons. The Morgan fingerprint density at radius 2 is 1.45 bits per heavy atom. The van der Waals surface area contributed by atoms with Crippen LogP contribution in [0.15, 0.2) is 115 Å². The number of likely N-dealkylation sites (tertiary alicyclic amines) is 1. The quantitative estimate of drug-likeness (QED) is 0.140. The minimum absolute atomic E-state index is 0.0448. The fourth-order valence-electron chi connectivity index (χ4n) is 4.77. The number of ether oxygens (including phenoxy) is 2. The first-order valence-electron chi connectivity index (χ1n) is 13.4. The molecule has 4 aromatic rings. The Bertz CT molecular complexity index is 1500. The molecule has 0 saturated carbocycles. The first-order chi connectivity index (χ1) is 19.5. The maximum absolute atomic E-state index is 13.4. The van der Waals surface area contributed by atoms with Gasteiger partial charge in [0.15, 0.2) is 0 Å². The van der Waals surface area contributed by atoms with E-state index in [4.69, 9.17) is 9.47 Å². The van der Waals surface area contributed by atoms with Gasteiger partial charge >= 0.3 is 0 Å². The second kappa shape index (κ2) is 12.3. The van der Waals surface area contributed by atoms with Gasteiger partial charge in [0.05, 0.1) is 18.2 Å². The van der Waals surface area contributed by atoms with Gasteiger partial charge in [0.2, 0.25) is 0 Å². The summed E-state index contributed by atoms with van der Waals surface area (Å²) in [6, 6.07) is 32.8. The van der Waals surface area contributed by atoms with Crippen LogP contribution in [0, 0.1) is 0 Å². The van der Waals surface area contributed by atoms with E-state index in [-0.39, 0.29) is 17.9 Å². The number of aliphatic hydroxyl groups is 1. The van der Waals surface area contributed by atoms with E-state index in [2.05, 4.69) is 0 Å². The molecule has 0 aromatic heterocycles. The third kappa shape index (κ3) is 5.91. The molecule has 1 aliphatic heterocycles. The average molecular weight is 534 g/mol. The van der Waals surface area contributed by atoms with Crippen LogP contribution in [-0.2, 0) is 22.7 Å². The monoisotopic (exact) mass is 533 g/mol. The summed E-state index contributed by atoms with van der Waals surface area (Å²) in [6.45, 7) is 3.20. The summed E-state index contributed by atoms with van der Waals surface area (Å²) in [5, 5.41) is 11.4. The molecule has 1 fully saturated rings. The van der Waals surface area contributed by atoms with Crippen molar-refractivity contribution in [2.75, 3.05) is 6.61 Å². The van der Waals surface area contributed by atoms with Crippen LogP contribution in [0.2, 0.25) is 0 Å². The summed E-state index contributed by atoms with van der Waals surface area (Å²) in [4.78, 5) is 28.3. The molecule has 40 heavy (non-hydrogen) atoms. The van der Waals surface area contributed by atoms with Gasteiger partial charge in [0, 0.05) is 12.1 Å². The van der Waals surface area contributed by atoms with Crippen molar-refractivity contribution in [3.05, 3.63) is 137 Å². The van der Waals surface area contributed by atoms with Gasteiger partial charge in [-0.05, 0) is 59.5 Å². The van der Waals surface area contributed by atoms with E-state index in [1.165, 1.54) is 4.90 Å². The van der Waals surface area contributed by atoms with Crippen molar-refractivity contribution in [1.29, 1.82) is 0 Å². The highest BCUT2D eigenvalue weighted by atomic mass is 16.5. The highest BCUT2D eigenvalue weighted by Crippen LogP contribution is 2.41. The van der Waals surface area contributed by atoms with E-state index in [1.54, 1.807) is 24.3 Å². The zero-order chi connectivity index (χ0) is 27.9. The van der Waals surface area contributed by atoms with E-state index in [0.29, 0.717) is 35.8 Å². The zero-order valence-electron chi connectivity index (χ0n) is 22.3. The third-order valence-electron chi connectivity index (χ3n) is 6.76. The maximum atomic E-state index is 13.4. The van der Waals surface area contributed by atoms with Gasteiger partial charge in [-0.1, -0.05) is 79.7 Å². The van der Waals surface area contributed by atoms with Crippen LogP contribution in [0.5, 0.6) is 11.5 Å². The number of carbonyl (C=O) groups excluding carboxylic acids is 2. The van der Waals surface area contributed by atoms with Crippen LogP contribution in [0.3, 0.4) is 0 Å². The molecular formula is C34H31NO5. The molecule has 1 amide bonds. The van der Waals surface area contributed by atoms with Crippen molar-refractivity contribution >= 4 is 17.4 Å². The normalized spacial score (nSPS) is 16.2. The Balaban J connectivity index is 1.53. The summed E-state index contributed by atoms with van der Waals surface area (Å²) in [6.07, 6.45) is 0.876. The van der Waals surface area contributed by atoms with Crippen LogP contribution in [0.1, 0.15) is 41.6 Å². The number of benzene rings is 4. The van der Waals surface area contributed by atoms with E-state index >= 15 is 0 Å². The molecule has 5 rings (SSSR count). The molecule has 1 atom stereocenters. The number of ketones is 1. The first-order valence-corrected chi connectivity index (χ1v) is 13.4. The van der Waals surface area contributed by atoms with Crippen LogP contribution >= 0.6 is 0 Å². The lowest BCUT2D eigenvalue weighted by molar-refractivity contribution is -0.140. The van der Waals surface area contributed by atoms with E-state index in [0.717, 1.165) is 17.5 Å². The molecule has 1 saturated heterocycles. The Labute approximate surface area is 234 Å². The average Bonchev–Trinajstić information content (AvgIpc) is 3.25. The molecule has 4 aromatic carbocycles. The third-order valence-corrected chi connectivity index (χ3v) is 6.76. The number of rotatable bonds is 10. The molecule has 1 heterocycles. The Morgan fingerprint density at radius 1 is 0.775 bits per heavy atom. The fourth-order valence-corrected chi connectivity index (χ4v) is 4.77. The second-order valence-electron chi connectivity index (χ2n) is 9.63. The molecule has 0 aliphatic carbocycles. The van der Waals surface area contributed by atoms with Gasteiger partial charge in [-0.3, -0.25) is 9.59 Å². The highest BCUT2D eigenvalue weighted by molar-refractivity contribution is 6.46. The second-order valence-corrected chi connectivity index (χ2v) is 9.63. The predicted octanol–water partition coefficient (Wildman–Crippen LogP) is 6.68. The number of Topliss-reactive ketones (excluding diaryl/α,β-unsaturated/α-hetero) is 1. The minimum Gasteiger partial charge on any atom is -0.507 e. The van der Waals surface area contributed by atoms with Crippen molar-refractivity contribution < 1.29 is 24.2 Å². The van der Waals surface area contributed by atoms with Crippen molar-refractivity contribution in [1.82, 2.24) is 4.90 Å². The van der Waals surface area contributed by atoms with Gasteiger partial charge in [-0.2, -0.15) is 0 Å². The summed E-state index contributed by atoms with van der Waals surface area (Å²) < 4.78 is 11.7. The first kappa shape index (κ1) is 26.8. The Kier molecular flexibility index (Phi) is 8.26. The lowest BCUT2D eigenvalue weighted by Crippen LogP contribution is -2.29. The molecule has 1 N–H and O–H groups in total.